The molecule has 1 aliphatic rings. The first-order chi connectivity index (χ1) is 15.9. The van der Waals surface area contributed by atoms with E-state index in [9.17, 15) is 14.4 Å². The Morgan fingerprint density at radius 1 is 0.788 bits per heavy atom. The van der Waals surface area contributed by atoms with Gasteiger partial charge in [-0.1, -0.05) is 30.3 Å². The summed E-state index contributed by atoms with van der Waals surface area (Å²) in [5, 5.41) is 0. The van der Waals surface area contributed by atoms with E-state index in [1.54, 1.807) is 42.5 Å². The molecule has 0 N–H and O–H groups in total. The van der Waals surface area contributed by atoms with Gasteiger partial charge in [0.1, 0.15) is 18.0 Å². The summed E-state index contributed by atoms with van der Waals surface area (Å²) >= 11 is 0. The van der Waals surface area contributed by atoms with Gasteiger partial charge in [0.05, 0.1) is 21.3 Å². The molecule has 0 bridgehead atoms. The third-order valence-electron chi connectivity index (χ3n) is 5.59. The van der Waals surface area contributed by atoms with Crippen LogP contribution in [0, 0.1) is 0 Å². The quantitative estimate of drug-likeness (QED) is 0.403. The van der Waals surface area contributed by atoms with E-state index in [4.69, 9.17) is 14.2 Å². The first-order valence-electron chi connectivity index (χ1n) is 10.3. The minimum Gasteiger partial charge on any atom is -0.497 e. The highest BCUT2D eigenvalue weighted by Crippen LogP contribution is 2.37. The summed E-state index contributed by atoms with van der Waals surface area (Å²) in [5.74, 6) is 0.0651. The van der Waals surface area contributed by atoms with Crippen LogP contribution < -0.4 is 9.47 Å². The summed E-state index contributed by atoms with van der Waals surface area (Å²) in [7, 11) is 4.34. The van der Waals surface area contributed by atoms with Crippen molar-refractivity contribution in [3.63, 3.8) is 0 Å². The van der Waals surface area contributed by atoms with E-state index in [1.807, 2.05) is 18.2 Å². The number of esters is 1. The maximum absolute atomic E-state index is 13.4. The first kappa shape index (κ1) is 22.1. The van der Waals surface area contributed by atoms with Crippen molar-refractivity contribution in [3.05, 3.63) is 82.9 Å². The second-order valence-electron chi connectivity index (χ2n) is 7.59. The van der Waals surface area contributed by atoms with E-state index < -0.39 is 11.9 Å². The van der Waals surface area contributed by atoms with E-state index in [1.165, 1.54) is 26.2 Å². The molecule has 4 rings (SSSR count). The maximum Gasteiger partial charge on any atom is 0.325 e. The first-order valence-corrected chi connectivity index (χ1v) is 10.3. The van der Waals surface area contributed by atoms with Gasteiger partial charge < -0.3 is 19.1 Å². The van der Waals surface area contributed by atoms with Crippen LogP contribution in [0.2, 0.25) is 0 Å². The van der Waals surface area contributed by atoms with E-state index in [0.29, 0.717) is 33.8 Å². The minimum absolute atomic E-state index is 0.118. The van der Waals surface area contributed by atoms with Gasteiger partial charge in [-0.2, -0.15) is 0 Å². The molecule has 0 unspecified atom stereocenters. The van der Waals surface area contributed by atoms with Gasteiger partial charge in [0.15, 0.2) is 5.78 Å². The number of carbonyl (C=O) groups is 3. The molecule has 0 aromatic heterocycles. The van der Waals surface area contributed by atoms with Crippen LogP contribution in [0.3, 0.4) is 0 Å². The highest BCUT2D eigenvalue weighted by atomic mass is 16.5. The molecule has 0 radical (unpaired) electrons. The minimum atomic E-state index is -0.553. The molecule has 0 saturated heterocycles. The Morgan fingerprint density at radius 3 is 2.06 bits per heavy atom. The van der Waals surface area contributed by atoms with Crippen LogP contribution in [0.5, 0.6) is 11.5 Å². The molecule has 168 valence electrons. The number of ketones is 1. The number of methoxy groups -OCH3 is 3. The standard InChI is InChI=1S/C26H23NO6/c1-31-18-10-16(11-19(13-18)32-2)14-27(15-24(28)33-3)26(30)17-8-9-21-20-6-4-5-7-22(20)25(29)23(21)12-17/h4-13H,14-15H2,1-3H3. The molecule has 33 heavy (non-hydrogen) atoms. The second kappa shape index (κ2) is 9.16. The van der Waals surface area contributed by atoms with Gasteiger partial charge in [0, 0.05) is 29.3 Å². The van der Waals surface area contributed by atoms with Crippen molar-refractivity contribution in [2.45, 2.75) is 6.54 Å². The summed E-state index contributed by atoms with van der Waals surface area (Å²) in [6.07, 6.45) is 0. The Bertz CT molecular complexity index is 1230. The van der Waals surface area contributed by atoms with Crippen LogP contribution in [-0.4, -0.2) is 50.4 Å². The molecule has 7 nitrogen and oxygen atoms in total. The number of benzene rings is 3. The van der Waals surface area contributed by atoms with E-state index in [0.717, 1.165) is 11.1 Å². The average molecular weight is 445 g/mol. The zero-order valence-electron chi connectivity index (χ0n) is 18.6. The lowest BCUT2D eigenvalue weighted by Crippen LogP contribution is -2.35. The monoisotopic (exact) mass is 445 g/mol. The average Bonchev–Trinajstić information content (AvgIpc) is 3.14. The van der Waals surface area contributed by atoms with Crippen LogP contribution in [-0.2, 0) is 16.1 Å². The number of nitrogens with zero attached hydrogens (tertiary/aromatic N) is 1. The third-order valence-corrected chi connectivity index (χ3v) is 5.59. The highest BCUT2D eigenvalue weighted by molar-refractivity contribution is 6.22. The fourth-order valence-electron chi connectivity index (χ4n) is 3.94. The molecule has 0 aliphatic heterocycles. The summed E-state index contributed by atoms with van der Waals surface area (Å²) in [4.78, 5) is 39.7. The Hall–Kier alpha value is -4.13. The number of ether oxygens (including phenoxy) is 3. The number of hydrogen-bond donors (Lipinski definition) is 0. The second-order valence-corrected chi connectivity index (χ2v) is 7.59. The molecule has 1 aliphatic carbocycles. The van der Waals surface area contributed by atoms with Crippen molar-refractivity contribution in [3.8, 4) is 22.6 Å². The van der Waals surface area contributed by atoms with Crippen LogP contribution in [0.4, 0.5) is 0 Å². The molecular formula is C26H23NO6. The predicted octanol–water partition coefficient (Wildman–Crippen LogP) is 3.73. The number of amides is 1. The molecule has 0 fully saturated rings. The summed E-state index contributed by atoms with van der Waals surface area (Å²) in [5.41, 5.74) is 3.77. The van der Waals surface area contributed by atoms with E-state index in [2.05, 4.69) is 0 Å². The molecule has 0 spiro atoms. The smallest absolute Gasteiger partial charge is 0.325 e. The van der Waals surface area contributed by atoms with Crippen LogP contribution in [0.25, 0.3) is 11.1 Å². The van der Waals surface area contributed by atoms with E-state index >= 15 is 0 Å². The SMILES string of the molecule is COC(=O)CN(Cc1cc(OC)cc(OC)c1)C(=O)c1ccc2c(c1)C(=O)c1ccccc1-2. The number of rotatable bonds is 7. The normalized spacial score (nSPS) is 11.4. The zero-order valence-corrected chi connectivity index (χ0v) is 18.6. The predicted molar refractivity (Wildman–Crippen MR) is 122 cm³/mol. The van der Waals surface area contributed by atoms with Crippen molar-refractivity contribution >= 4 is 17.7 Å². The fourth-order valence-corrected chi connectivity index (χ4v) is 3.94. The molecule has 0 atom stereocenters. The summed E-state index contributed by atoms with van der Waals surface area (Å²) < 4.78 is 15.4. The largest absolute Gasteiger partial charge is 0.497 e. The molecule has 0 heterocycles. The van der Waals surface area contributed by atoms with Crippen molar-refractivity contribution < 1.29 is 28.6 Å². The molecular weight excluding hydrogens is 422 g/mol. The summed E-state index contributed by atoms with van der Waals surface area (Å²) in [6, 6.07) is 17.7. The molecule has 0 saturated carbocycles. The van der Waals surface area contributed by atoms with Gasteiger partial charge in [-0.05, 0) is 41.0 Å². The third kappa shape index (κ3) is 4.30. The lowest BCUT2D eigenvalue weighted by atomic mass is 10.0. The van der Waals surface area contributed by atoms with Gasteiger partial charge in [-0.15, -0.1) is 0 Å². The zero-order chi connectivity index (χ0) is 23.5. The van der Waals surface area contributed by atoms with Crippen molar-refractivity contribution in [1.82, 2.24) is 4.90 Å². The Labute approximate surface area is 191 Å². The van der Waals surface area contributed by atoms with Gasteiger partial charge >= 0.3 is 5.97 Å². The Balaban J connectivity index is 1.67. The number of fused-ring (bicyclic) bond motifs is 3. The van der Waals surface area contributed by atoms with Crippen molar-refractivity contribution in [2.24, 2.45) is 0 Å². The molecule has 7 heteroatoms. The number of hydrogen-bond acceptors (Lipinski definition) is 6. The molecule has 3 aromatic rings. The Morgan fingerprint density at radius 2 is 1.42 bits per heavy atom. The lowest BCUT2D eigenvalue weighted by molar-refractivity contribution is -0.141. The fraction of sp³-hybridized carbons (Fsp3) is 0.192. The lowest BCUT2D eigenvalue weighted by Gasteiger charge is -2.22. The van der Waals surface area contributed by atoms with Gasteiger partial charge in [-0.25, -0.2) is 0 Å². The van der Waals surface area contributed by atoms with Gasteiger partial charge in [0.2, 0.25) is 0 Å². The van der Waals surface area contributed by atoms with Crippen molar-refractivity contribution in [1.29, 1.82) is 0 Å². The van der Waals surface area contributed by atoms with Crippen LogP contribution >= 0.6 is 0 Å². The molecule has 1 amide bonds. The van der Waals surface area contributed by atoms with E-state index in [-0.39, 0.29) is 18.9 Å². The summed E-state index contributed by atoms with van der Waals surface area (Å²) in [6.45, 7) is -0.132. The van der Waals surface area contributed by atoms with Crippen molar-refractivity contribution in [2.75, 3.05) is 27.9 Å². The Kier molecular flexibility index (Phi) is 6.13. The van der Waals surface area contributed by atoms with Gasteiger partial charge in [-0.3, -0.25) is 14.4 Å². The topological polar surface area (TPSA) is 82.1 Å². The molecule has 3 aromatic carbocycles. The maximum atomic E-state index is 13.4. The number of carbonyl (C=O) groups excluding carboxylic acids is 3. The van der Waals surface area contributed by atoms with Crippen LogP contribution in [0.1, 0.15) is 31.8 Å². The van der Waals surface area contributed by atoms with Gasteiger partial charge in [0.25, 0.3) is 5.91 Å². The highest BCUT2D eigenvalue weighted by Gasteiger charge is 2.28. The van der Waals surface area contributed by atoms with Crippen LogP contribution in [0.15, 0.2) is 60.7 Å².